The first kappa shape index (κ1) is 18.0. The molecule has 5 unspecified atom stereocenters. The summed E-state index contributed by atoms with van der Waals surface area (Å²) in [7, 11) is 0. The number of fused-ring (bicyclic) bond motifs is 1. The molecule has 5 atom stereocenters. The molecule has 2 fully saturated rings. The SMILES string of the molecule is C=C1CCC2C(C)(C)CCCC2(C)C1CCC(C)C(O)CO. The number of hydrogen-bond donors (Lipinski definition) is 2. The molecule has 2 saturated carbocycles. The molecule has 2 rings (SSSR count). The van der Waals surface area contributed by atoms with Crippen molar-refractivity contribution in [3.63, 3.8) is 0 Å². The summed E-state index contributed by atoms with van der Waals surface area (Å²) in [5, 5.41) is 19.0. The van der Waals surface area contributed by atoms with Crippen molar-refractivity contribution in [3.05, 3.63) is 12.2 Å². The average molecular weight is 309 g/mol. The van der Waals surface area contributed by atoms with Crippen LogP contribution in [0, 0.1) is 28.6 Å². The van der Waals surface area contributed by atoms with Gasteiger partial charge in [-0.1, -0.05) is 46.3 Å². The van der Waals surface area contributed by atoms with E-state index in [0.717, 1.165) is 18.8 Å². The van der Waals surface area contributed by atoms with Crippen molar-refractivity contribution in [1.29, 1.82) is 0 Å². The molecule has 0 amide bonds. The summed E-state index contributed by atoms with van der Waals surface area (Å²) in [5.74, 6) is 1.54. The molecule has 0 bridgehead atoms. The molecule has 2 aliphatic carbocycles. The van der Waals surface area contributed by atoms with E-state index in [-0.39, 0.29) is 12.5 Å². The molecule has 0 radical (unpaired) electrons. The van der Waals surface area contributed by atoms with E-state index >= 15 is 0 Å². The zero-order chi connectivity index (χ0) is 16.5. The van der Waals surface area contributed by atoms with E-state index in [1.165, 1.54) is 37.7 Å². The van der Waals surface area contributed by atoms with E-state index in [2.05, 4.69) is 34.3 Å². The molecule has 0 heterocycles. The lowest BCUT2D eigenvalue weighted by molar-refractivity contribution is -0.0569. The topological polar surface area (TPSA) is 40.5 Å². The van der Waals surface area contributed by atoms with E-state index in [1.54, 1.807) is 0 Å². The maximum Gasteiger partial charge on any atom is 0.0796 e. The van der Waals surface area contributed by atoms with Gasteiger partial charge in [0.25, 0.3) is 0 Å². The quantitative estimate of drug-likeness (QED) is 0.731. The van der Waals surface area contributed by atoms with Crippen LogP contribution in [-0.4, -0.2) is 22.9 Å². The van der Waals surface area contributed by atoms with Crippen LogP contribution < -0.4 is 0 Å². The highest BCUT2D eigenvalue weighted by molar-refractivity contribution is 5.15. The van der Waals surface area contributed by atoms with Gasteiger partial charge in [-0.15, -0.1) is 0 Å². The highest BCUT2D eigenvalue weighted by Gasteiger charge is 2.52. The van der Waals surface area contributed by atoms with Gasteiger partial charge in [0.05, 0.1) is 12.7 Å². The third kappa shape index (κ3) is 3.28. The van der Waals surface area contributed by atoms with Gasteiger partial charge in [0.1, 0.15) is 0 Å². The van der Waals surface area contributed by atoms with Gasteiger partial charge >= 0.3 is 0 Å². The molecule has 0 saturated heterocycles. The lowest BCUT2D eigenvalue weighted by Crippen LogP contribution is -2.49. The highest BCUT2D eigenvalue weighted by Crippen LogP contribution is 2.61. The number of aliphatic hydroxyl groups excluding tert-OH is 2. The molecule has 22 heavy (non-hydrogen) atoms. The summed E-state index contributed by atoms with van der Waals surface area (Å²) < 4.78 is 0. The summed E-state index contributed by atoms with van der Waals surface area (Å²) in [5.41, 5.74) is 2.26. The van der Waals surface area contributed by atoms with Crippen molar-refractivity contribution in [3.8, 4) is 0 Å². The molecule has 2 N–H and O–H groups in total. The second kappa shape index (κ2) is 6.65. The molecule has 0 aromatic rings. The fourth-order valence-electron chi connectivity index (χ4n) is 5.61. The predicted molar refractivity (Wildman–Crippen MR) is 92.6 cm³/mol. The summed E-state index contributed by atoms with van der Waals surface area (Å²) in [6, 6.07) is 0. The molecule has 0 spiro atoms. The fraction of sp³-hybridized carbons (Fsp3) is 0.900. The van der Waals surface area contributed by atoms with Crippen LogP contribution >= 0.6 is 0 Å². The van der Waals surface area contributed by atoms with Crippen molar-refractivity contribution < 1.29 is 10.2 Å². The Morgan fingerprint density at radius 2 is 1.95 bits per heavy atom. The van der Waals surface area contributed by atoms with Gasteiger partial charge in [-0.05, 0) is 67.1 Å². The predicted octanol–water partition coefficient (Wildman–Crippen LogP) is 4.55. The normalized spacial score (nSPS) is 37.5. The summed E-state index contributed by atoms with van der Waals surface area (Å²) in [4.78, 5) is 0. The zero-order valence-electron chi connectivity index (χ0n) is 15.1. The fourth-order valence-corrected chi connectivity index (χ4v) is 5.61. The van der Waals surface area contributed by atoms with Gasteiger partial charge in [-0.2, -0.15) is 0 Å². The Labute approximate surface area is 137 Å². The van der Waals surface area contributed by atoms with E-state index in [1.807, 2.05) is 0 Å². The Balaban J connectivity index is 2.12. The van der Waals surface area contributed by atoms with Crippen LogP contribution in [0.3, 0.4) is 0 Å². The van der Waals surface area contributed by atoms with Crippen LogP contribution in [0.1, 0.15) is 72.6 Å². The van der Waals surface area contributed by atoms with Crippen molar-refractivity contribution in [1.82, 2.24) is 0 Å². The van der Waals surface area contributed by atoms with Gasteiger partial charge in [-0.25, -0.2) is 0 Å². The van der Waals surface area contributed by atoms with E-state index in [9.17, 15) is 5.11 Å². The largest absolute Gasteiger partial charge is 0.394 e. The third-order valence-corrected chi connectivity index (χ3v) is 7.07. The molecule has 2 aliphatic rings. The summed E-state index contributed by atoms with van der Waals surface area (Å²) >= 11 is 0. The maximum absolute atomic E-state index is 9.83. The molecule has 2 heteroatoms. The van der Waals surface area contributed by atoms with E-state index < -0.39 is 6.10 Å². The number of hydrogen-bond acceptors (Lipinski definition) is 2. The molecular formula is C20H36O2. The zero-order valence-corrected chi connectivity index (χ0v) is 15.1. The van der Waals surface area contributed by atoms with Crippen molar-refractivity contribution in [2.75, 3.05) is 6.61 Å². The minimum absolute atomic E-state index is 0.125. The van der Waals surface area contributed by atoms with Gasteiger partial charge in [0.2, 0.25) is 0 Å². The van der Waals surface area contributed by atoms with Crippen LogP contribution in [-0.2, 0) is 0 Å². The smallest absolute Gasteiger partial charge is 0.0796 e. The molecule has 0 aromatic carbocycles. The third-order valence-electron chi connectivity index (χ3n) is 7.07. The summed E-state index contributed by atoms with van der Waals surface area (Å²) in [6.07, 6.45) is 7.99. The lowest BCUT2D eigenvalue weighted by Gasteiger charge is -2.58. The number of allylic oxidation sites excluding steroid dienone is 1. The van der Waals surface area contributed by atoms with Crippen LogP contribution in [0.5, 0.6) is 0 Å². The van der Waals surface area contributed by atoms with Crippen molar-refractivity contribution in [2.45, 2.75) is 78.7 Å². The van der Waals surface area contributed by atoms with Crippen LogP contribution in [0.4, 0.5) is 0 Å². The van der Waals surface area contributed by atoms with Crippen LogP contribution in [0.2, 0.25) is 0 Å². The van der Waals surface area contributed by atoms with Gasteiger partial charge in [-0.3, -0.25) is 0 Å². The first-order valence-electron chi connectivity index (χ1n) is 9.19. The van der Waals surface area contributed by atoms with Gasteiger partial charge < -0.3 is 10.2 Å². The number of aliphatic hydroxyl groups is 2. The van der Waals surface area contributed by atoms with Gasteiger partial charge in [0.15, 0.2) is 0 Å². The Morgan fingerprint density at radius 1 is 1.27 bits per heavy atom. The van der Waals surface area contributed by atoms with Gasteiger partial charge in [0, 0.05) is 0 Å². The van der Waals surface area contributed by atoms with E-state index in [0.29, 0.717) is 16.7 Å². The maximum atomic E-state index is 9.83. The van der Waals surface area contributed by atoms with Crippen molar-refractivity contribution >= 4 is 0 Å². The van der Waals surface area contributed by atoms with Crippen LogP contribution in [0.25, 0.3) is 0 Å². The lowest BCUT2D eigenvalue weighted by atomic mass is 9.47. The second-order valence-electron chi connectivity index (χ2n) is 8.95. The van der Waals surface area contributed by atoms with Crippen molar-refractivity contribution in [2.24, 2.45) is 28.6 Å². The standard InChI is InChI=1S/C20H36O2/c1-14-8-10-18-19(3,4)11-6-12-20(18,5)16(14)9-7-15(2)17(22)13-21/h15-18,21-22H,1,6-13H2,2-5H3. The molecule has 2 nitrogen and oxygen atoms in total. The Hall–Kier alpha value is -0.340. The Bertz CT molecular complexity index is 401. The Morgan fingerprint density at radius 3 is 2.59 bits per heavy atom. The Kier molecular flexibility index (Phi) is 5.44. The molecular weight excluding hydrogens is 272 g/mol. The van der Waals surface area contributed by atoms with E-state index in [4.69, 9.17) is 5.11 Å². The molecule has 0 aromatic heterocycles. The minimum atomic E-state index is -0.580. The van der Waals surface area contributed by atoms with Crippen LogP contribution in [0.15, 0.2) is 12.2 Å². The minimum Gasteiger partial charge on any atom is -0.394 e. The first-order chi connectivity index (χ1) is 10.2. The number of rotatable bonds is 5. The molecule has 0 aliphatic heterocycles. The second-order valence-corrected chi connectivity index (χ2v) is 8.95. The highest BCUT2D eigenvalue weighted by atomic mass is 16.3. The monoisotopic (exact) mass is 308 g/mol. The first-order valence-corrected chi connectivity index (χ1v) is 9.19. The molecule has 128 valence electrons. The summed E-state index contributed by atoms with van der Waals surface area (Å²) in [6.45, 7) is 13.8. The average Bonchev–Trinajstić information content (AvgIpc) is 2.44.